The van der Waals surface area contributed by atoms with Gasteiger partial charge in [0.25, 0.3) is 5.69 Å². The van der Waals surface area contributed by atoms with E-state index in [0.717, 1.165) is 3.79 Å². The summed E-state index contributed by atoms with van der Waals surface area (Å²) in [7, 11) is 0. The van der Waals surface area contributed by atoms with E-state index in [-0.39, 0.29) is 23.1 Å². The van der Waals surface area contributed by atoms with Crippen LogP contribution < -0.4 is 4.74 Å². The summed E-state index contributed by atoms with van der Waals surface area (Å²) < 4.78 is 6.86. The maximum Gasteiger partial charge on any atom is 0.288 e. The molecule has 1 aromatic heterocycles. The van der Waals surface area contributed by atoms with Crippen LogP contribution in [0.15, 0.2) is 31.8 Å². The molecule has 1 aromatic carbocycles. The van der Waals surface area contributed by atoms with E-state index in [2.05, 4.69) is 31.9 Å². The molecule has 0 aliphatic carbocycles. The molecule has 0 atom stereocenters. The first kappa shape index (κ1) is 16.4. The monoisotopic (exact) mass is 453 g/mol. The van der Waals surface area contributed by atoms with Crippen LogP contribution in [0.25, 0.3) is 0 Å². The van der Waals surface area contributed by atoms with Crippen LogP contribution in [0.1, 0.15) is 10.4 Å². The number of hydrogen-bond donors (Lipinski definition) is 0. The number of nitro benzene ring substituents is 1. The molecule has 0 N–H and O–H groups in total. The summed E-state index contributed by atoms with van der Waals surface area (Å²) in [4.78, 5) is 22.1. The average Bonchev–Trinajstić information content (AvgIpc) is 2.74. The van der Waals surface area contributed by atoms with Gasteiger partial charge >= 0.3 is 0 Å². The van der Waals surface area contributed by atoms with Crippen molar-refractivity contribution in [3.05, 3.63) is 52.5 Å². The van der Waals surface area contributed by atoms with E-state index in [1.807, 2.05) is 0 Å². The molecular weight excluding hydrogens is 449 g/mol. The van der Waals surface area contributed by atoms with Crippen molar-refractivity contribution in [2.45, 2.75) is 0 Å². The Hall–Kier alpha value is -0.960. The second-order valence-corrected chi connectivity index (χ2v) is 7.98. The lowest BCUT2D eigenvalue weighted by Crippen LogP contribution is -2.11. The van der Waals surface area contributed by atoms with Crippen molar-refractivity contribution >= 4 is 66.3 Å². The van der Waals surface area contributed by atoms with Crippen LogP contribution in [0.3, 0.4) is 0 Å². The minimum absolute atomic E-state index is 0.0376. The number of halogens is 3. The van der Waals surface area contributed by atoms with Crippen molar-refractivity contribution in [1.29, 1.82) is 0 Å². The Morgan fingerprint density at radius 3 is 2.62 bits per heavy atom. The molecule has 2 rings (SSSR count). The van der Waals surface area contributed by atoms with Crippen LogP contribution in [-0.2, 0) is 0 Å². The van der Waals surface area contributed by atoms with Crippen LogP contribution in [0.5, 0.6) is 5.75 Å². The molecule has 110 valence electrons. The van der Waals surface area contributed by atoms with Crippen molar-refractivity contribution in [3.8, 4) is 5.75 Å². The molecule has 0 saturated heterocycles. The molecule has 0 fully saturated rings. The van der Waals surface area contributed by atoms with E-state index in [9.17, 15) is 14.9 Å². The number of carbonyl (C=O) groups is 1. The van der Waals surface area contributed by atoms with Crippen molar-refractivity contribution in [2.24, 2.45) is 0 Å². The van der Waals surface area contributed by atoms with Gasteiger partial charge in [-0.25, -0.2) is 0 Å². The molecular formula is C12H6Br2ClNO4S. The summed E-state index contributed by atoms with van der Waals surface area (Å²) in [6.07, 6.45) is 0. The maximum atomic E-state index is 12.0. The fraction of sp³-hybridized carbons (Fsp3) is 0.0833. The summed E-state index contributed by atoms with van der Waals surface area (Å²) in [6, 6.07) is 5.64. The van der Waals surface area contributed by atoms with Gasteiger partial charge < -0.3 is 4.74 Å². The molecule has 0 saturated carbocycles. The van der Waals surface area contributed by atoms with Gasteiger partial charge in [0.05, 0.1) is 12.5 Å². The second-order valence-electron chi connectivity index (χ2n) is 3.82. The van der Waals surface area contributed by atoms with E-state index in [0.29, 0.717) is 15.1 Å². The predicted molar refractivity (Wildman–Crippen MR) is 87.7 cm³/mol. The Kier molecular flexibility index (Phi) is 5.37. The smallest absolute Gasteiger partial charge is 0.288 e. The van der Waals surface area contributed by atoms with Gasteiger partial charge in [0, 0.05) is 17.7 Å². The first-order chi connectivity index (χ1) is 9.88. The summed E-state index contributed by atoms with van der Waals surface area (Å²) in [5.74, 6) is 0.0858. The zero-order chi connectivity index (χ0) is 15.6. The Balaban J connectivity index is 2.06. The lowest BCUT2D eigenvalue weighted by molar-refractivity contribution is -0.384. The molecule has 0 aliphatic heterocycles. The topological polar surface area (TPSA) is 69.4 Å². The quantitative estimate of drug-likeness (QED) is 0.358. The molecule has 1 heterocycles. The highest BCUT2D eigenvalue weighted by Gasteiger charge is 2.16. The van der Waals surface area contributed by atoms with Gasteiger partial charge in [-0.2, -0.15) is 0 Å². The van der Waals surface area contributed by atoms with Crippen LogP contribution >= 0.6 is 54.8 Å². The third kappa shape index (κ3) is 4.03. The van der Waals surface area contributed by atoms with Gasteiger partial charge in [0.2, 0.25) is 5.78 Å². The summed E-state index contributed by atoms with van der Waals surface area (Å²) in [6.45, 7) is -0.185. The zero-order valence-electron chi connectivity index (χ0n) is 10.1. The van der Waals surface area contributed by atoms with Crippen LogP contribution in [-0.4, -0.2) is 17.3 Å². The molecule has 2 aromatic rings. The molecule has 0 radical (unpaired) electrons. The van der Waals surface area contributed by atoms with Crippen LogP contribution in [0.4, 0.5) is 5.69 Å². The Labute approximate surface area is 145 Å². The number of ketones is 1. The van der Waals surface area contributed by atoms with Crippen molar-refractivity contribution in [2.75, 3.05) is 6.61 Å². The molecule has 21 heavy (non-hydrogen) atoms. The third-order valence-corrected chi connectivity index (χ3v) is 5.08. The summed E-state index contributed by atoms with van der Waals surface area (Å²) in [5.41, 5.74) is 0.305. The van der Waals surface area contributed by atoms with Crippen molar-refractivity contribution in [1.82, 2.24) is 0 Å². The van der Waals surface area contributed by atoms with E-state index < -0.39 is 4.92 Å². The SMILES string of the molecule is O=C(COc1ccc([N+](=O)[O-])c(Cl)c1)c1cc(Br)sc1Br. The van der Waals surface area contributed by atoms with Gasteiger partial charge in [-0.1, -0.05) is 11.6 Å². The largest absolute Gasteiger partial charge is 0.485 e. The minimum atomic E-state index is -0.586. The van der Waals surface area contributed by atoms with E-state index in [4.69, 9.17) is 16.3 Å². The number of thiophene rings is 1. The van der Waals surface area contributed by atoms with Gasteiger partial charge in [0.1, 0.15) is 10.8 Å². The number of Topliss-reactive ketones (excluding diaryl/α,β-unsaturated/α-hetero) is 1. The fourth-order valence-electron chi connectivity index (χ4n) is 1.48. The average molecular weight is 456 g/mol. The molecule has 0 unspecified atom stereocenters. The zero-order valence-corrected chi connectivity index (χ0v) is 14.9. The number of nitro groups is 1. The van der Waals surface area contributed by atoms with Gasteiger partial charge in [-0.15, -0.1) is 11.3 Å². The van der Waals surface area contributed by atoms with Crippen molar-refractivity contribution in [3.63, 3.8) is 0 Å². The number of nitrogens with zero attached hydrogens (tertiary/aromatic N) is 1. The predicted octanol–water partition coefficient (Wildman–Crippen LogP) is 5.10. The van der Waals surface area contributed by atoms with Crippen LogP contribution in [0, 0.1) is 10.1 Å². The lowest BCUT2D eigenvalue weighted by Gasteiger charge is -2.05. The third-order valence-electron chi connectivity index (χ3n) is 2.44. The fourth-order valence-corrected chi connectivity index (χ4v) is 4.58. The number of ether oxygens (including phenoxy) is 1. The second kappa shape index (κ2) is 6.87. The Morgan fingerprint density at radius 1 is 1.38 bits per heavy atom. The number of carbonyl (C=O) groups excluding carboxylic acids is 1. The number of rotatable bonds is 5. The van der Waals surface area contributed by atoms with Crippen LogP contribution in [0.2, 0.25) is 5.02 Å². The molecule has 0 bridgehead atoms. The highest BCUT2D eigenvalue weighted by molar-refractivity contribution is 9.12. The molecule has 9 heteroatoms. The highest BCUT2D eigenvalue weighted by Crippen LogP contribution is 2.32. The minimum Gasteiger partial charge on any atom is -0.485 e. The molecule has 5 nitrogen and oxygen atoms in total. The number of hydrogen-bond acceptors (Lipinski definition) is 5. The van der Waals surface area contributed by atoms with Gasteiger partial charge in [0.15, 0.2) is 6.61 Å². The normalized spacial score (nSPS) is 10.4. The first-order valence-electron chi connectivity index (χ1n) is 5.43. The Bertz CT molecular complexity index is 719. The Morgan fingerprint density at radius 2 is 2.10 bits per heavy atom. The van der Waals surface area contributed by atoms with Gasteiger partial charge in [-0.3, -0.25) is 14.9 Å². The highest BCUT2D eigenvalue weighted by atomic mass is 79.9. The van der Waals surface area contributed by atoms with Crippen molar-refractivity contribution < 1.29 is 14.5 Å². The summed E-state index contributed by atoms with van der Waals surface area (Å²) >= 11 is 13.7. The molecule has 0 spiro atoms. The van der Waals surface area contributed by atoms with E-state index in [1.165, 1.54) is 29.5 Å². The number of benzene rings is 1. The standard InChI is InChI=1S/C12H6Br2ClNO4S/c13-11-4-7(12(14)21-11)10(17)5-20-6-1-2-9(16(18)19)8(15)3-6/h1-4H,5H2. The van der Waals surface area contributed by atoms with E-state index >= 15 is 0 Å². The lowest BCUT2D eigenvalue weighted by atomic mass is 10.2. The van der Waals surface area contributed by atoms with E-state index in [1.54, 1.807) is 6.07 Å². The molecule has 0 aliphatic rings. The first-order valence-corrected chi connectivity index (χ1v) is 8.21. The maximum absolute atomic E-state index is 12.0. The molecule has 0 amide bonds. The summed E-state index contributed by atoms with van der Waals surface area (Å²) in [5, 5.41) is 10.6. The van der Waals surface area contributed by atoms with Gasteiger partial charge in [-0.05, 0) is 44.0 Å².